The summed E-state index contributed by atoms with van der Waals surface area (Å²) < 4.78 is 0. The number of thiazole rings is 1. The van der Waals surface area contributed by atoms with Crippen molar-refractivity contribution in [2.45, 2.75) is 6.92 Å². The van der Waals surface area contributed by atoms with Gasteiger partial charge in [0.25, 0.3) is 0 Å². The predicted octanol–water partition coefficient (Wildman–Crippen LogP) is 3.01. The fourth-order valence-corrected chi connectivity index (χ4v) is 2.46. The second-order valence-electron chi connectivity index (χ2n) is 4.23. The van der Waals surface area contributed by atoms with Crippen LogP contribution in [0.3, 0.4) is 0 Å². The molecule has 0 atom stereocenters. The molecule has 0 saturated carbocycles. The van der Waals surface area contributed by atoms with Gasteiger partial charge in [-0.15, -0.1) is 11.3 Å². The van der Waals surface area contributed by atoms with Crippen molar-refractivity contribution in [1.82, 2.24) is 4.98 Å². The van der Waals surface area contributed by atoms with E-state index in [1.54, 1.807) is 31.9 Å². The van der Waals surface area contributed by atoms with Crippen LogP contribution < -0.4 is 5.73 Å². The van der Waals surface area contributed by atoms with Crippen molar-refractivity contribution >= 4 is 28.9 Å². The Kier molecular flexibility index (Phi) is 4.42. The summed E-state index contributed by atoms with van der Waals surface area (Å²) in [5, 5.41) is 0. The molecule has 0 unspecified atom stereocenters. The quantitative estimate of drug-likeness (QED) is 0.693. The maximum absolute atomic E-state index is 11.7. The van der Waals surface area contributed by atoms with Gasteiger partial charge in [-0.25, -0.2) is 0 Å². The second-order valence-corrected chi connectivity index (χ2v) is 5.12. The number of carbonyl (C=O) groups excluding carboxylic acids is 1. The van der Waals surface area contributed by atoms with E-state index in [9.17, 15) is 4.79 Å². The molecule has 1 heterocycles. The number of allylic oxidation sites excluding steroid dienone is 1. The summed E-state index contributed by atoms with van der Waals surface area (Å²) in [4.78, 5) is 20.8. The van der Waals surface area contributed by atoms with Gasteiger partial charge in [-0.1, -0.05) is 0 Å². The van der Waals surface area contributed by atoms with Crippen molar-refractivity contribution in [3.8, 4) is 10.4 Å². The van der Waals surface area contributed by atoms with Gasteiger partial charge in [0.05, 0.1) is 10.4 Å². The first kappa shape index (κ1) is 14.1. The molecular formula is C15H15N3OS. The molecule has 0 aliphatic rings. The average molecular weight is 285 g/mol. The van der Waals surface area contributed by atoms with Gasteiger partial charge < -0.3 is 5.73 Å². The number of nitrogens with two attached hydrogens (primary N) is 1. The number of hydrogen-bond acceptors (Lipinski definition) is 5. The Morgan fingerprint density at radius 2 is 2.10 bits per heavy atom. The molecule has 4 nitrogen and oxygen atoms in total. The zero-order chi connectivity index (χ0) is 14.5. The highest BCUT2D eigenvalue weighted by atomic mass is 32.1. The molecule has 2 N–H and O–H groups in total. The second kappa shape index (κ2) is 6.25. The first-order chi connectivity index (χ1) is 9.65. The van der Waals surface area contributed by atoms with Gasteiger partial charge in [0.15, 0.2) is 5.78 Å². The fraction of sp³-hybridized carbons (Fsp3) is 0.133. The average Bonchev–Trinajstić information content (AvgIpc) is 2.98. The minimum Gasteiger partial charge on any atom is -0.404 e. The number of carbonyl (C=O) groups is 1. The number of aliphatic imine (C=N–C) groups is 1. The molecule has 0 aliphatic carbocycles. The maximum atomic E-state index is 11.7. The van der Waals surface area contributed by atoms with Gasteiger partial charge in [0.2, 0.25) is 0 Å². The molecule has 2 rings (SSSR count). The van der Waals surface area contributed by atoms with Crippen LogP contribution >= 0.6 is 11.3 Å². The Bertz CT molecular complexity index is 672. The van der Waals surface area contributed by atoms with E-state index in [1.807, 2.05) is 18.2 Å². The number of benzene rings is 1. The Balaban J connectivity index is 2.60. The van der Waals surface area contributed by atoms with Crippen LogP contribution in [0.25, 0.3) is 16.0 Å². The minimum atomic E-state index is 0.0161. The lowest BCUT2D eigenvalue weighted by Crippen LogP contribution is -1.98. The predicted molar refractivity (Wildman–Crippen MR) is 84.1 cm³/mol. The van der Waals surface area contributed by atoms with Crippen LogP contribution in [0.1, 0.15) is 22.8 Å². The van der Waals surface area contributed by atoms with Crippen molar-refractivity contribution < 1.29 is 4.79 Å². The molecular weight excluding hydrogens is 270 g/mol. The number of nitrogens with zero attached hydrogens (tertiary/aromatic N) is 2. The van der Waals surface area contributed by atoms with Gasteiger partial charge in [-0.2, -0.15) is 0 Å². The van der Waals surface area contributed by atoms with Crippen LogP contribution in [0.15, 0.2) is 41.1 Å². The van der Waals surface area contributed by atoms with E-state index in [0.29, 0.717) is 5.56 Å². The largest absolute Gasteiger partial charge is 0.404 e. The van der Waals surface area contributed by atoms with Gasteiger partial charge in [0, 0.05) is 36.8 Å². The summed E-state index contributed by atoms with van der Waals surface area (Å²) in [7, 11) is 1.68. The lowest BCUT2D eigenvalue weighted by molar-refractivity contribution is 0.101. The van der Waals surface area contributed by atoms with Crippen LogP contribution in [-0.4, -0.2) is 24.0 Å². The molecule has 2 aromatic rings. The van der Waals surface area contributed by atoms with Crippen LogP contribution in [0.4, 0.5) is 0 Å². The van der Waals surface area contributed by atoms with Crippen molar-refractivity contribution in [2.24, 2.45) is 10.7 Å². The highest BCUT2D eigenvalue weighted by Gasteiger charge is 2.09. The first-order valence-corrected chi connectivity index (χ1v) is 6.93. The fourth-order valence-electron chi connectivity index (χ4n) is 1.85. The molecule has 20 heavy (non-hydrogen) atoms. The Labute approximate surface area is 121 Å². The molecule has 0 fully saturated rings. The monoisotopic (exact) mass is 285 g/mol. The molecule has 5 heteroatoms. The summed E-state index contributed by atoms with van der Waals surface area (Å²) in [6.07, 6.45) is 4.95. The topological polar surface area (TPSA) is 68.3 Å². The molecule has 0 saturated heterocycles. The highest BCUT2D eigenvalue weighted by molar-refractivity contribution is 7.13. The van der Waals surface area contributed by atoms with Crippen LogP contribution in [0, 0.1) is 0 Å². The third-order valence-corrected chi connectivity index (χ3v) is 3.66. The summed E-state index contributed by atoms with van der Waals surface area (Å²) in [5.41, 5.74) is 10.7. The maximum Gasteiger partial charge on any atom is 0.159 e. The molecule has 0 aliphatic heterocycles. The molecule has 0 spiro atoms. The van der Waals surface area contributed by atoms with E-state index in [4.69, 9.17) is 5.73 Å². The van der Waals surface area contributed by atoms with Gasteiger partial charge in [-0.05, 0) is 36.2 Å². The zero-order valence-corrected chi connectivity index (χ0v) is 12.1. The van der Waals surface area contributed by atoms with E-state index >= 15 is 0 Å². The van der Waals surface area contributed by atoms with Gasteiger partial charge >= 0.3 is 0 Å². The van der Waals surface area contributed by atoms with E-state index in [-0.39, 0.29) is 5.78 Å². The molecule has 102 valence electrons. The van der Waals surface area contributed by atoms with Crippen molar-refractivity contribution in [2.75, 3.05) is 7.05 Å². The van der Waals surface area contributed by atoms with E-state index < -0.39 is 0 Å². The van der Waals surface area contributed by atoms with Crippen LogP contribution in [0.2, 0.25) is 0 Å². The Hall–Kier alpha value is -2.27. The Morgan fingerprint density at radius 1 is 1.35 bits per heavy atom. The first-order valence-electron chi connectivity index (χ1n) is 6.05. The molecule has 0 amide bonds. The van der Waals surface area contributed by atoms with Crippen LogP contribution in [0.5, 0.6) is 0 Å². The van der Waals surface area contributed by atoms with E-state index in [1.165, 1.54) is 17.5 Å². The number of rotatable bonds is 4. The summed E-state index contributed by atoms with van der Waals surface area (Å²) in [5.74, 6) is 0.0161. The molecule has 0 bridgehead atoms. The minimum absolute atomic E-state index is 0.0161. The number of aromatic nitrogens is 1. The van der Waals surface area contributed by atoms with Gasteiger partial charge in [-0.3, -0.25) is 14.8 Å². The highest BCUT2D eigenvalue weighted by Crippen LogP contribution is 2.28. The molecule has 1 aromatic heterocycles. The van der Waals surface area contributed by atoms with Crippen LogP contribution in [-0.2, 0) is 0 Å². The normalized spacial score (nSPS) is 12.0. The van der Waals surface area contributed by atoms with Crippen molar-refractivity contribution in [3.63, 3.8) is 0 Å². The molecule has 0 radical (unpaired) electrons. The Morgan fingerprint density at radius 3 is 2.65 bits per heavy atom. The SMILES string of the molecule is CN=C/C(=C\N)c1cc(C(C)=O)cc(-c2cncs2)c1. The number of ketones is 1. The van der Waals surface area contributed by atoms with E-state index in [2.05, 4.69) is 9.98 Å². The standard InChI is InChI=1S/C15H15N3OS/c1-10(19)11-3-12(14(6-16)7-17-2)5-13(4-11)15-8-18-9-20-15/h3-9H,16H2,1-2H3/b14-6+,17-7?. The third-order valence-electron chi connectivity index (χ3n) is 2.84. The summed E-state index contributed by atoms with van der Waals surface area (Å²) >= 11 is 1.53. The van der Waals surface area contributed by atoms with Crippen molar-refractivity contribution in [3.05, 3.63) is 47.2 Å². The van der Waals surface area contributed by atoms with E-state index in [0.717, 1.165) is 21.6 Å². The lowest BCUT2D eigenvalue weighted by Gasteiger charge is -2.07. The van der Waals surface area contributed by atoms with Crippen molar-refractivity contribution in [1.29, 1.82) is 0 Å². The summed E-state index contributed by atoms with van der Waals surface area (Å²) in [6, 6.07) is 5.68. The third kappa shape index (κ3) is 3.00. The smallest absolute Gasteiger partial charge is 0.159 e. The zero-order valence-electron chi connectivity index (χ0n) is 11.3. The lowest BCUT2D eigenvalue weighted by atomic mass is 9.98. The summed E-state index contributed by atoms with van der Waals surface area (Å²) in [6.45, 7) is 1.55. The van der Waals surface area contributed by atoms with Gasteiger partial charge in [0.1, 0.15) is 0 Å². The number of hydrogen-bond donors (Lipinski definition) is 1. The molecule has 1 aromatic carbocycles. The number of Topliss-reactive ketones (excluding diaryl/α,β-unsaturated/α-hetero) is 1.